The van der Waals surface area contributed by atoms with Crippen LogP contribution in [0.5, 0.6) is 0 Å². The van der Waals surface area contributed by atoms with E-state index >= 15 is 0 Å². The summed E-state index contributed by atoms with van der Waals surface area (Å²) in [6.07, 6.45) is 1.96. The van der Waals surface area contributed by atoms with Gasteiger partial charge in [0.1, 0.15) is 11.3 Å². The number of hydrogen-bond acceptors (Lipinski definition) is 2. The normalized spacial score (nSPS) is 10.9. The Balaban J connectivity index is 2.64. The van der Waals surface area contributed by atoms with Gasteiger partial charge in [0.05, 0.1) is 5.02 Å². The van der Waals surface area contributed by atoms with Crippen LogP contribution in [-0.2, 0) is 6.42 Å². The van der Waals surface area contributed by atoms with Crippen LogP contribution in [0.2, 0.25) is 5.02 Å². The van der Waals surface area contributed by atoms with E-state index in [1.54, 1.807) is 6.07 Å². The van der Waals surface area contributed by atoms with Crippen LogP contribution in [0.25, 0.3) is 10.9 Å². The molecule has 0 unspecified atom stereocenters. The number of pyridine rings is 1. The molecule has 0 atom stereocenters. The van der Waals surface area contributed by atoms with Crippen molar-refractivity contribution in [2.75, 3.05) is 11.9 Å². The molecule has 4 heteroatoms. The minimum Gasteiger partial charge on any atom is -0.370 e. The number of aromatic nitrogens is 1. The van der Waals surface area contributed by atoms with Gasteiger partial charge in [0.15, 0.2) is 5.82 Å². The molecule has 0 spiro atoms. The van der Waals surface area contributed by atoms with Gasteiger partial charge < -0.3 is 5.32 Å². The fourth-order valence-corrected chi connectivity index (χ4v) is 2.16. The average Bonchev–Trinajstić information content (AvgIpc) is 2.36. The molecule has 0 aliphatic heterocycles. The molecule has 0 bridgehead atoms. The van der Waals surface area contributed by atoms with Gasteiger partial charge in [0, 0.05) is 11.9 Å². The third-order valence-electron chi connectivity index (χ3n) is 2.82. The maximum Gasteiger partial charge on any atom is 0.168 e. The van der Waals surface area contributed by atoms with Crippen molar-refractivity contribution in [3.63, 3.8) is 0 Å². The highest BCUT2D eigenvalue weighted by atomic mass is 35.5. The van der Waals surface area contributed by atoms with Crippen LogP contribution in [-0.4, -0.2) is 11.5 Å². The highest BCUT2D eigenvalue weighted by Gasteiger charge is 2.11. The summed E-state index contributed by atoms with van der Waals surface area (Å²) in [5, 5.41) is 4.08. The van der Waals surface area contributed by atoms with Gasteiger partial charge in [0.25, 0.3) is 0 Å². The molecule has 2 aromatic rings. The lowest BCUT2D eigenvalue weighted by Gasteiger charge is -2.11. The van der Waals surface area contributed by atoms with E-state index in [0.29, 0.717) is 5.52 Å². The summed E-state index contributed by atoms with van der Waals surface area (Å²) in [6, 6.07) is 5.37. The van der Waals surface area contributed by atoms with E-state index in [1.165, 1.54) is 0 Å². The predicted octanol–water partition coefficient (Wildman–Crippen LogP) is 4.41. The third kappa shape index (κ3) is 2.41. The Morgan fingerprint density at radius 2 is 2.11 bits per heavy atom. The fraction of sp³-hybridized carbons (Fsp3) is 0.357. The lowest BCUT2D eigenvalue weighted by atomic mass is 10.1. The molecule has 0 aliphatic rings. The summed E-state index contributed by atoms with van der Waals surface area (Å²) in [4.78, 5) is 4.37. The first kappa shape index (κ1) is 13.1. The molecule has 0 saturated heterocycles. The van der Waals surface area contributed by atoms with Crippen LogP contribution < -0.4 is 5.32 Å². The topological polar surface area (TPSA) is 24.9 Å². The Kier molecular flexibility index (Phi) is 4.02. The maximum absolute atomic E-state index is 13.9. The van der Waals surface area contributed by atoms with E-state index in [9.17, 15) is 4.39 Å². The van der Waals surface area contributed by atoms with Crippen molar-refractivity contribution in [1.29, 1.82) is 0 Å². The second kappa shape index (κ2) is 5.53. The summed E-state index contributed by atoms with van der Waals surface area (Å²) >= 11 is 5.78. The Morgan fingerprint density at radius 1 is 1.33 bits per heavy atom. The van der Waals surface area contributed by atoms with Crippen LogP contribution in [0.3, 0.4) is 0 Å². The minimum atomic E-state index is -0.448. The zero-order valence-electron chi connectivity index (χ0n) is 10.6. The number of fused-ring (bicyclic) bond motifs is 1. The predicted molar refractivity (Wildman–Crippen MR) is 74.9 cm³/mol. The molecule has 0 radical (unpaired) electrons. The molecule has 1 N–H and O–H groups in total. The van der Waals surface area contributed by atoms with Crippen molar-refractivity contribution in [3.05, 3.63) is 34.6 Å². The number of nitrogens with zero attached hydrogens (tertiary/aromatic N) is 1. The first-order valence-electron chi connectivity index (χ1n) is 6.18. The Labute approximate surface area is 111 Å². The Bertz CT molecular complexity index is 569. The molecule has 18 heavy (non-hydrogen) atoms. The second-order valence-corrected chi connectivity index (χ2v) is 4.62. The smallest absolute Gasteiger partial charge is 0.168 e. The van der Waals surface area contributed by atoms with Crippen molar-refractivity contribution in [2.24, 2.45) is 0 Å². The van der Waals surface area contributed by atoms with Crippen LogP contribution in [0.4, 0.5) is 10.2 Å². The minimum absolute atomic E-state index is 0.112. The van der Waals surface area contributed by atoms with E-state index in [4.69, 9.17) is 11.6 Å². The molecular weight excluding hydrogens is 251 g/mol. The van der Waals surface area contributed by atoms with Gasteiger partial charge in [-0.2, -0.15) is 0 Å². The molecule has 1 heterocycles. The standard InChI is InChI=1S/C14H16ClFN2/c1-3-5-10-8-9-6-7-11(15)12(16)13(9)18-14(10)17-4-2/h6-8H,3-5H2,1-2H3,(H,17,18). The van der Waals surface area contributed by atoms with Gasteiger partial charge in [-0.15, -0.1) is 0 Å². The summed E-state index contributed by atoms with van der Waals surface area (Å²) in [5.74, 6) is 0.310. The number of nitrogens with one attached hydrogen (secondary N) is 1. The highest BCUT2D eigenvalue weighted by Crippen LogP contribution is 2.27. The number of anilines is 1. The molecule has 1 aromatic carbocycles. The molecule has 2 nitrogen and oxygen atoms in total. The molecule has 96 valence electrons. The zero-order chi connectivity index (χ0) is 13.1. The highest BCUT2D eigenvalue weighted by molar-refractivity contribution is 6.31. The number of aryl methyl sites for hydroxylation is 1. The zero-order valence-corrected chi connectivity index (χ0v) is 11.3. The van der Waals surface area contributed by atoms with Gasteiger partial charge in [-0.3, -0.25) is 0 Å². The number of rotatable bonds is 4. The van der Waals surface area contributed by atoms with Crippen LogP contribution in [0, 0.1) is 5.82 Å². The number of halogens is 2. The average molecular weight is 267 g/mol. The fourth-order valence-electron chi connectivity index (χ4n) is 2.01. The lowest BCUT2D eigenvalue weighted by molar-refractivity contribution is 0.637. The molecule has 2 rings (SSSR count). The SMILES string of the molecule is CCCc1cc2ccc(Cl)c(F)c2nc1NCC. The first-order valence-corrected chi connectivity index (χ1v) is 6.56. The molecule has 0 saturated carbocycles. The Morgan fingerprint density at radius 3 is 2.78 bits per heavy atom. The van der Waals surface area contributed by atoms with E-state index in [2.05, 4.69) is 17.2 Å². The van der Waals surface area contributed by atoms with Gasteiger partial charge in [0.2, 0.25) is 0 Å². The van der Waals surface area contributed by atoms with Crippen molar-refractivity contribution < 1.29 is 4.39 Å². The van der Waals surface area contributed by atoms with E-state index in [1.807, 2.05) is 19.1 Å². The molecule has 0 amide bonds. The van der Waals surface area contributed by atoms with Crippen LogP contribution >= 0.6 is 11.6 Å². The van der Waals surface area contributed by atoms with E-state index in [-0.39, 0.29) is 5.02 Å². The maximum atomic E-state index is 13.9. The summed E-state index contributed by atoms with van der Waals surface area (Å²) in [7, 11) is 0. The summed E-state index contributed by atoms with van der Waals surface area (Å²) < 4.78 is 13.9. The lowest BCUT2D eigenvalue weighted by Crippen LogP contribution is -2.04. The van der Waals surface area contributed by atoms with Gasteiger partial charge in [-0.25, -0.2) is 9.37 Å². The van der Waals surface area contributed by atoms with Gasteiger partial charge >= 0.3 is 0 Å². The molecule has 0 fully saturated rings. The van der Waals surface area contributed by atoms with Crippen molar-refractivity contribution >= 4 is 28.3 Å². The van der Waals surface area contributed by atoms with Gasteiger partial charge in [-0.05, 0) is 31.0 Å². The van der Waals surface area contributed by atoms with Crippen molar-refractivity contribution in [2.45, 2.75) is 26.7 Å². The first-order chi connectivity index (χ1) is 8.67. The Hall–Kier alpha value is -1.35. The van der Waals surface area contributed by atoms with Crippen molar-refractivity contribution in [1.82, 2.24) is 4.98 Å². The van der Waals surface area contributed by atoms with Crippen molar-refractivity contribution in [3.8, 4) is 0 Å². The quantitative estimate of drug-likeness (QED) is 0.887. The number of hydrogen-bond donors (Lipinski definition) is 1. The summed E-state index contributed by atoms with van der Waals surface area (Å²) in [6.45, 7) is 4.87. The van der Waals surface area contributed by atoms with Gasteiger partial charge in [-0.1, -0.05) is 31.0 Å². The molecular formula is C14H16ClFN2. The van der Waals surface area contributed by atoms with E-state index in [0.717, 1.165) is 36.2 Å². The van der Waals surface area contributed by atoms with Crippen LogP contribution in [0.15, 0.2) is 18.2 Å². The molecule has 1 aromatic heterocycles. The van der Waals surface area contributed by atoms with Crippen LogP contribution in [0.1, 0.15) is 25.8 Å². The third-order valence-corrected chi connectivity index (χ3v) is 3.11. The second-order valence-electron chi connectivity index (χ2n) is 4.21. The largest absolute Gasteiger partial charge is 0.370 e. The molecule has 0 aliphatic carbocycles. The van der Waals surface area contributed by atoms with E-state index < -0.39 is 5.82 Å². The number of benzene rings is 1. The monoisotopic (exact) mass is 266 g/mol. The summed E-state index contributed by atoms with van der Waals surface area (Å²) in [5.41, 5.74) is 1.45.